The predicted molar refractivity (Wildman–Crippen MR) is 98.7 cm³/mol. The van der Waals surface area contributed by atoms with E-state index in [0.717, 1.165) is 0 Å². The van der Waals surface area contributed by atoms with Gasteiger partial charge in [0.05, 0.1) is 0 Å². The Morgan fingerprint density at radius 2 is 1.00 bits per heavy atom. The molecule has 0 spiro atoms. The van der Waals surface area contributed by atoms with Crippen LogP contribution in [0.5, 0.6) is 0 Å². The number of carbonyl (C=O) groups excluding carboxylic acids is 3. The fraction of sp³-hybridized carbons (Fsp3) is 0.211. The van der Waals surface area contributed by atoms with Gasteiger partial charge in [0.1, 0.15) is 0 Å². The molecule has 0 heterocycles. The lowest BCUT2D eigenvalue weighted by Gasteiger charge is -2.08. The van der Waals surface area contributed by atoms with Crippen LogP contribution in [0.4, 0.5) is 17.1 Å². The van der Waals surface area contributed by atoms with Gasteiger partial charge in [-0.2, -0.15) is 0 Å². The van der Waals surface area contributed by atoms with Crippen LogP contribution in [0, 0.1) is 0 Å². The molecule has 0 saturated carbocycles. The summed E-state index contributed by atoms with van der Waals surface area (Å²) in [5, 5.41) is 8.26. The molecule has 2 aromatic carbocycles. The lowest BCUT2D eigenvalue weighted by atomic mass is 10.2. The SMILES string of the molecule is CCC(=O)Nc1ccc(NC(=O)c2ccc(NC(=O)CC)cc2)cc1. The van der Waals surface area contributed by atoms with Crippen LogP contribution in [0.2, 0.25) is 0 Å². The van der Waals surface area contributed by atoms with Crippen LogP contribution in [0.15, 0.2) is 48.5 Å². The Bertz CT molecular complexity index is 752. The Kier molecular flexibility index (Phi) is 6.28. The molecule has 0 aliphatic heterocycles. The molecule has 3 N–H and O–H groups in total. The second kappa shape index (κ2) is 8.63. The van der Waals surface area contributed by atoms with Crippen molar-refractivity contribution in [1.29, 1.82) is 0 Å². The lowest BCUT2D eigenvalue weighted by molar-refractivity contribution is -0.116. The molecule has 0 atom stereocenters. The van der Waals surface area contributed by atoms with Gasteiger partial charge in [0.2, 0.25) is 11.8 Å². The number of amides is 3. The summed E-state index contributed by atoms with van der Waals surface area (Å²) in [5.41, 5.74) is 2.45. The topological polar surface area (TPSA) is 87.3 Å². The first-order chi connectivity index (χ1) is 12.0. The maximum absolute atomic E-state index is 12.2. The van der Waals surface area contributed by atoms with Crippen molar-refractivity contribution >= 4 is 34.8 Å². The third-order valence-corrected chi connectivity index (χ3v) is 3.50. The first kappa shape index (κ1) is 18.2. The van der Waals surface area contributed by atoms with Gasteiger partial charge in [-0.25, -0.2) is 0 Å². The van der Waals surface area contributed by atoms with E-state index in [9.17, 15) is 14.4 Å². The number of hydrogen-bond acceptors (Lipinski definition) is 3. The summed E-state index contributed by atoms with van der Waals surface area (Å²) in [5.74, 6) is -0.391. The minimum absolute atomic E-state index is 0.0629. The van der Waals surface area contributed by atoms with E-state index >= 15 is 0 Å². The zero-order valence-electron chi connectivity index (χ0n) is 14.3. The molecule has 2 rings (SSSR count). The standard InChI is InChI=1S/C19H21N3O3/c1-3-17(23)20-14-7-5-13(6-8-14)19(25)22-16-11-9-15(10-12-16)21-18(24)4-2/h5-12H,3-4H2,1-2H3,(H,20,23)(H,21,24)(H,22,25). The number of benzene rings is 2. The zero-order chi connectivity index (χ0) is 18.2. The van der Waals surface area contributed by atoms with E-state index in [2.05, 4.69) is 16.0 Å². The molecule has 6 nitrogen and oxygen atoms in total. The van der Waals surface area contributed by atoms with E-state index < -0.39 is 0 Å². The lowest BCUT2D eigenvalue weighted by Crippen LogP contribution is -2.13. The Morgan fingerprint density at radius 3 is 1.40 bits per heavy atom. The van der Waals surface area contributed by atoms with Crippen molar-refractivity contribution in [2.75, 3.05) is 16.0 Å². The molecule has 0 fully saturated rings. The molecule has 0 aromatic heterocycles. The van der Waals surface area contributed by atoms with Crippen molar-refractivity contribution < 1.29 is 14.4 Å². The van der Waals surface area contributed by atoms with Gasteiger partial charge in [-0.05, 0) is 48.5 Å². The normalized spacial score (nSPS) is 10.0. The molecule has 0 bridgehead atoms. The molecule has 0 saturated heterocycles. The fourth-order valence-corrected chi connectivity index (χ4v) is 2.04. The van der Waals surface area contributed by atoms with Gasteiger partial charge in [0.15, 0.2) is 0 Å². The Morgan fingerprint density at radius 1 is 0.640 bits per heavy atom. The second-order valence-electron chi connectivity index (χ2n) is 5.41. The molecular formula is C19H21N3O3. The summed E-state index contributed by atoms with van der Waals surface area (Å²) in [6, 6.07) is 13.6. The molecule has 0 aliphatic carbocycles. The highest BCUT2D eigenvalue weighted by Crippen LogP contribution is 2.16. The summed E-state index contributed by atoms with van der Waals surface area (Å²) < 4.78 is 0. The summed E-state index contributed by atoms with van der Waals surface area (Å²) in [7, 11) is 0. The van der Waals surface area contributed by atoms with Crippen molar-refractivity contribution in [1.82, 2.24) is 0 Å². The quantitative estimate of drug-likeness (QED) is 0.751. The number of anilines is 3. The minimum Gasteiger partial charge on any atom is -0.326 e. The van der Waals surface area contributed by atoms with Crippen LogP contribution in [-0.2, 0) is 9.59 Å². The van der Waals surface area contributed by atoms with Gasteiger partial charge < -0.3 is 16.0 Å². The monoisotopic (exact) mass is 339 g/mol. The van der Waals surface area contributed by atoms with Gasteiger partial charge in [-0.1, -0.05) is 13.8 Å². The Labute approximate surface area is 146 Å². The zero-order valence-corrected chi connectivity index (χ0v) is 14.3. The highest BCUT2D eigenvalue weighted by molar-refractivity contribution is 6.04. The first-order valence-corrected chi connectivity index (χ1v) is 8.13. The summed E-state index contributed by atoms with van der Waals surface area (Å²) >= 11 is 0. The summed E-state index contributed by atoms with van der Waals surface area (Å²) in [4.78, 5) is 34.9. The number of carbonyl (C=O) groups is 3. The molecule has 2 aromatic rings. The van der Waals surface area contributed by atoms with Crippen LogP contribution >= 0.6 is 0 Å². The van der Waals surface area contributed by atoms with Gasteiger partial charge in [-0.3, -0.25) is 14.4 Å². The largest absolute Gasteiger partial charge is 0.326 e. The van der Waals surface area contributed by atoms with Crippen LogP contribution in [-0.4, -0.2) is 17.7 Å². The Hall–Kier alpha value is -3.15. The second-order valence-corrected chi connectivity index (χ2v) is 5.41. The highest BCUT2D eigenvalue weighted by Gasteiger charge is 2.07. The summed E-state index contributed by atoms with van der Waals surface area (Å²) in [6.45, 7) is 3.55. The number of nitrogens with one attached hydrogen (secondary N) is 3. The van der Waals surface area contributed by atoms with Crippen LogP contribution in [0.1, 0.15) is 37.0 Å². The van der Waals surface area contributed by atoms with Gasteiger partial charge in [0.25, 0.3) is 5.91 Å². The molecule has 0 radical (unpaired) electrons. The number of rotatable bonds is 6. The molecule has 0 aliphatic rings. The maximum atomic E-state index is 12.2. The first-order valence-electron chi connectivity index (χ1n) is 8.13. The van der Waals surface area contributed by atoms with E-state index in [0.29, 0.717) is 35.5 Å². The van der Waals surface area contributed by atoms with Crippen molar-refractivity contribution in [2.24, 2.45) is 0 Å². The smallest absolute Gasteiger partial charge is 0.255 e. The maximum Gasteiger partial charge on any atom is 0.255 e. The van der Waals surface area contributed by atoms with Crippen LogP contribution in [0.25, 0.3) is 0 Å². The third kappa shape index (κ3) is 5.46. The fourth-order valence-electron chi connectivity index (χ4n) is 2.04. The number of hydrogen-bond donors (Lipinski definition) is 3. The molecule has 3 amide bonds. The van der Waals surface area contributed by atoms with Gasteiger partial charge in [-0.15, -0.1) is 0 Å². The van der Waals surface area contributed by atoms with E-state index in [4.69, 9.17) is 0 Å². The van der Waals surface area contributed by atoms with E-state index in [1.54, 1.807) is 62.4 Å². The van der Waals surface area contributed by atoms with Crippen molar-refractivity contribution in [3.8, 4) is 0 Å². The molecular weight excluding hydrogens is 318 g/mol. The molecule has 0 unspecified atom stereocenters. The average molecular weight is 339 g/mol. The van der Waals surface area contributed by atoms with Gasteiger partial charge >= 0.3 is 0 Å². The predicted octanol–water partition coefficient (Wildman–Crippen LogP) is 3.64. The van der Waals surface area contributed by atoms with Crippen molar-refractivity contribution in [3.63, 3.8) is 0 Å². The minimum atomic E-state index is -0.251. The summed E-state index contributed by atoms with van der Waals surface area (Å²) in [6.07, 6.45) is 0.810. The molecule has 25 heavy (non-hydrogen) atoms. The Balaban J connectivity index is 1.97. The van der Waals surface area contributed by atoms with Crippen molar-refractivity contribution in [2.45, 2.75) is 26.7 Å². The van der Waals surface area contributed by atoms with Crippen molar-refractivity contribution in [3.05, 3.63) is 54.1 Å². The van der Waals surface area contributed by atoms with Crippen LogP contribution in [0.3, 0.4) is 0 Å². The third-order valence-electron chi connectivity index (χ3n) is 3.50. The van der Waals surface area contributed by atoms with E-state index in [1.807, 2.05) is 0 Å². The van der Waals surface area contributed by atoms with Crippen LogP contribution < -0.4 is 16.0 Å². The van der Waals surface area contributed by atoms with Gasteiger partial charge in [0, 0.05) is 35.5 Å². The molecule has 130 valence electrons. The van der Waals surface area contributed by atoms with E-state index in [-0.39, 0.29) is 17.7 Å². The molecule has 6 heteroatoms. The van der Waals surface area contributed by atoms with E-state index in [1.165, 1.54) is 0 Å². The highest BCUT2D eigenvalue weighted by atomic mass is 16.2. The average Bonchev–Trinajstić information content (AvgIpc) is 2.63.